The molecule has 0 bridgehead atoms. The summed E-state index contributed by atoms with van der Waals surface area (Å²) in [6, 6.07) is 2.45. The summed E-state index contributed by atoms with van der Waals surface area (Å²) in [5.41, 5.74) is -0.219. The number of nitrogens with one attached hydrogen (secondary N) is 1. The van der Waals surface area contributed by atoms with Crippen LogP contribution < -0.4 is 5.32 Å². The maximum atomic E-state index is 13.6. The lowest BCUT2D eigenvalue weighted by atomic mass is 10.0. The van der Waals surface area contributed by atoms with E-state index >= 15 is 0 Å². The lowest BCUT2D eigenvalue weighted by Crippen LogP contribution is -2.50. The Kier molecular flexibility index (Phi) is 5.60. The van der Waals surface area contributed by atoms with Crippen molar-refractivity contribution >= 4 is 5.91 Å². The van der Waals surface area contributed by atoms with Crippen molar-refractivity contribution in [2.75, 3.05) is 26.4 Å². The second-order valence-electron chi connectivity index (χ2n) is 4.70. The fraction of sp³-hybridized carbons (Fsp3) is 0.500. The number of ether oxygens (including phenoxy) is 2. The average Bonchev–Trinajstić information content (AvgIpc) is 2.46. The van der Waals surface area contributed by atoms with E-state index in [4.69, 9.17) is 14.6 Å². The van der Waals surface area contributed by atoms with Crippen LogP contribution in [0.3, 0.4) is 0 Å². The van der Waals surface area contributed by atoms with Gasteiger partial charge in [-0.25, -0.2) is 8.78 Å². The maximum absolute atomic E-state index is 13.6. The minimum absolute atomic E-state index is 0.130. The zero-order chi connectivity index (χ0) is 15.2. The Balaban J connectivity index is 2.02. The van der Waals surface area contributed by atoms with E-state index in [1.807, 2.05) is 0 Å². The number of hydrogen-bond acceptors (Lipinski definition) is 4. The zero-order valence-electron chi connectivity index (χ0n) is 11.4. The van der Waals surface area contributed by atoms with Gasteiger partial charge in [0.05, 0.1) is 31.4 Å². The first-order valence-corrected chi connectivity index (χ1v) is 6.68. The van der Waals surface area contributed by atoms with Crippen molar-refractivity contribution in [2.45, 2.75) is 18.6 Å². The number of amides is 1. The van der Waals surface area contributed by atoms with Gasteiger partial charge in [-0.05, 0) is 18.6 Å². The number of halogens is 2. The largest absolute Gasteiger partial charge is 0.394 e. The Morgan fingerprint density at radius 3 is 3.00 bits per heavy atom. The maximum Gasteiger partial charge on any atom is 0.254 e. The third kappa shape index (κ3) is 4.20. The molecule has 2 N–H and O–H groups in total. The van der Waals surface area contributed by atoms with Gasteiger partial charge in [0, 0.05) is 12.7 Å². The molecule has 0 spiro atoms. The molecule has 1 aromatic rings. The molecule has 1 amide bonds. The van der Waals surface area contributed by atoms with Crippen molar-refractivity contribution in [3.8, 4) is 0 Å². The molecule has 116 valence electrons. The van der Waals surface area contributed by atoms with Crippen molar-refractivity contribution in [1.29, 1.82) is 0 Å². The lowest BCUT2D eigenvalue weighted by molar-refractivity contribution is -0.0737. The molecule has 21 heavy (non-hydrogen) atoms. The van der Waals surface area contributed by atoms with E-state index in [-0.39, 0.29) is 31.4 Å². The second-order valence-corrected chi connectivity index (χ2v) is 4.70. The zero-order valence-corrected chi connectivity index (χ0v) is 11.4. The molecule has 1 aliphatic heterocycles. The molecular weight excluding hydrogens is 284 g/mol. The molecule has 7 heteroatoms. The van der Waals surface area contributed by atoms with Gasteiger partial charge in [0.2, 0.25) is 0 Å². The molecule has 2 atom stereocenters. The summed E-state index contributed by atoms with van der Waals surface area (Å²) in [6.45, 7) is 0.738. The van der Waals surface area contributed by atoms with Gasteiger partial charge in [0.1, 0.15) is 17.7 Å². The van der Waals surface area contributed by atoms with Gasteiger partial charge in [-0.1, -0.05) is 0 Å². The van der Waals surface area contributed by atoms with Crippen molar-refractivity contribution in [2.24, 2.45) is 0 Å². The van der Waals surface area contributed by atoms with Gasteiger partial charge >= 0.3 is 0 Å². The van der Waals surface area contributed by atoms with Crippen LogP contribution in [0.5, 0.6) is 0 Å². The highest BCUT2D eigenvalue weighted by atomic mass is 19.1. The smallest absolute Gasteiger partial charge is 0.254 e. The highest BCUT2D eigenvalue weighted by molar-refractivity contribution is 5.94. The molecule has 5 nitrogen and oxygen atoms in total. The third-order valence-corrected chi connectivity index (χ3v) is 3.22. The normalized spacial score (nSPS) is 22.0. The van der Waals surface area contributed by atoms with Gasteiger partial charge < -0.3 is 19.9 Å². The monoisotopic (exact) mass is 301 g/mol. The summed E-state index contributed by atoms with van der Waals surface area (Å²) in [5.74, 6) is -2.27. The van der Waals surface area contributed by atoms with Crippen molar-refractivity contribution in [3.63, 3.8) is 0 Å². The predicted octanol–water partition coefficient (Wildman–Crippen LogP) is 0.861. The van der Waals surface area contributed by atoms with Crippen LogP contribution in [-0.2, 0) is 9.47 Å². The van der Waals surface area contributed by atoms with Crippen LogP contribution in [-0.4, -0.2) is 49.6 Å². The van der Waals surface area contributed by atoms with Crippen LogP contribution in [0.25, 0.3) is 0 Å². The number of carbonyl (C=O) groups is 1. The highest BCUT2D eigenvalue weighted by Gasteiger charge is 2.28. The molecule has 1 aliphatic rings. The number of rotatable bonds is 5. The van der Waals surface area contributed by atoms with Gasteiger partial charge in [-0.3, -0.25) is 4.79 Å². The fourth-order valence-corrected chi connectivity index (χ4v) is 2.17. The van der Waals surface area contributed by atoms with E-state index in [1.165, 1.54) is 0 Å². The molecule has 1 saturated heterocycles. The number of aliphatic hydroxyl groups excluding tert-OH is 1. The van der Waals surface area contributed by atoms with Crippen molar-refractivity contribution in [3.05, 3.63) is 35.4 Å². The van der Waals surface area contributed by atoms with Gasteiger partial charge in [0.25, 0.3) is 5.91 Å². The SMILES string of the molecule is O=C(NC1CCOCC1OCCO)c1ccc(F)cc1F. The molecule has 0 saturated carbocycles. The Hall–Kier alpha value is -1.57. The van der Waals surface area contributed by atoms with Crippen LogP contribution in [0.4, 0.5) is 8.78 Å². The van der Waals surface area contributed by atoms with Crippen LogP contribution in [0, 0.1) is 11.6 Å². The predicted molar refractivity (Wildman–Crippen MR) is 69.9 cm³/mol. The first-order chi connectivity index (χ1) is 10.1. The molecular formula is C14H17F2NO4. The minimum Gasteiger partial charge on any atom is -0.394 e. The quantitative estimate of drug-likeness (QED) is 0.846. The van der Waals surface area contributed by atoms with E-state index in [9.17, 15) is 13.6 Å². The second kappa shape index (κ2) is 7.44. The Labute approximate surface area is 120 Å². The fourth-order valence-electron chi connectivity index (χ4n) is 2.17. The molecule has 1 aromatic carbocycles. The van der Waals surface area contributed by atoms with E-state index in [0.717, 1.165) is 12.1 Å². The topological polar surface area (TPSA) is 67.8 Å². The van der Waals surface area contributed by atoms with Gasteiger partial charge in [0.15, 0.2) is 0 Å². The average molecular weight is 301 g/mol. The Morgan fingerprint density at radius 1 is 1.48 bits per heavy atom. The standard InChI is InChI=1S/C14H17F2NO4/c15-9-1-2-10(11(16)7-9)14(19)17-12-3-5-20-8-13(12)21-6-4-18/h1-2,7,12-13,18H,3-6,8H2,(H,17,19). The summed E-state index contributed by atoms with van der Waals surface area (Å²) >= 11 is 0. The Morgan fingerprint density at radius 2 is 2.29 bits per heavy atom. The van der Waals surface area contributed by atoms with Crippen LogP contribution in [0.15, 0.2) is 18.2 Å². The molecule has 1 heterocycles. The van der Waals surface area contributed by atoms with Crippen molar-refractivity contribution in [1.82, 2.24) is 5.32 Å². The summed E-state index contributed by atoms with van der Waals surface area (Å²) < 4.78 is 37.0. The molecule has 2 unspecified atom stereocenters. The van der Waals surface area contributed by atoms with Crippen LogP contribution >= 0.6 is 0 Å². The first-order valence-electron chi connectivity index (χ1n) is 6.68. The number of benzene rings is 1. The molecule has 0 radical (unpaired) electrons. The molecule has 0 aliphatic carbocycles. The molecule has 0 aromatic heterocycles. The van der Waals surface area contributed by atoms with Gasteiger partial charge in [-0.15, -0.1) is 0 Å². The van der Waals surface area contributed by atoms with Crippen LogP contribution in [0.1, 0.15) is 16.8 Å². The summed E-state index contributed by atoms with van der Waals surface area (Å²) in [4.78, 5) is 12.0. The van der Waals surface area contributed by atoms with E-state index < -0.39 is 23.6 Å². The minimum atomic E-state index is -0.910. The van der Waals surface area contributed by atoms with Crippen molar-refractivity contribution < 1.29 is 28.2 Å². The number of aliphatic hydroxyl groups is 1. The van der Waals surface area contributed by atoms with Crippen LogP contribution in [0.2, 0.25) is 0 Å². The first kappa shape index (κ1) is 15.8. The highest BCUT2D eigenvalue weighted by Crippen LogP contribution is 2.14. The van der Waals surface area contributed by atoms with E-state index in [0.29, 0.717) is 19.1 Å². The van der Waals surface area contributed by atoms with Gasteiger partial charge in [-0.2, -0.15) is 0 Å². The summed E-state index contributed by atoms with van der Waals surface area (Å²) in [6.07, 6.45) is 0.114. The molecule has 2 rings (SSSR count). The summed E-state index contributed by atoms with van der Waals surface area (Å²) in [7, 11) is 0. The summed E-state index contributed by atoms with van der Waals surface area (Å²) in [5, 5.41) is 11.4. The van der Waals surface area contributed by atoms with E-state index in [2.05, 4.69) is 5.32 Å². The lowest BCUT2D eigenvalue weighted by Gasteiger charge is -2.32. The third-order valence-electron chi connectivity index (χ3n) is 3.22. The number of hydrogen-bond donors (Lipinski definition) is 2. The number of carbonyl (C=O) groups excluding carboxylic acids is 1. The molecule has 1 fully saturated rings. The Bertz CT molecular complexity index is 498. The van der Waals surface area contributed by atoms with E-state index in [1.54, 1.807) is 0 Å².